The van der Waals surface area contributed by atoms with E-state index in [1.807, 2.05) is 7.05 Å². The van der Waals surface area contributed by atoms with E-state index in [1.165, 1.54) is 0 Å². The molecule has 0 heterocycles. The molecule has 0 fully saturated rings. The van der Waals surface area contributed by atoms with E-state index in [-0.39, 0.29) is 0 Å². The summed E-state index contributed by atoms with van der Waals surface area (Å²) in [5.74, 6) is 0.542. The molecule has 2 nitrogen and oxygen atoms in total. The lowest BCUT2D eigenvalue weighted by molar-refractivity contribution is 0.466. The fraction of sp³-hybridized carbons (Fsp3) is 0.556. The summed E-state index contributed by atoms with van der Waals surface area (Å²) >= 11 is 0. The van der Waals surface area contributed by atoms with Crippen LogP contribution in [0.15, 0.2) is 25.1 Å². The predicted octanol–water partition coefficient (Wildman–Crippen LogP) is 1.48. The van der Waals surface area contributed by atoms with Crippen molar-refractivity contribution in [3.8, 4) is 0 Å². The maximum Gasteiger partial charge on any atom is 0.0487 e. The summed E-state index contributed by atoms with van der Waals surface area (Å²) in [6, 6.07) is 0.313. The van der Waals surface area contributed by atoms with Crippen molar-refractivity contribution in [1.82, 2.24) is 10.6 Å². The highest BCUT2D eigenvalue weighted by molar-refractivity contribution is 5.06. The van der Waals surface area contributed by atoms with Gasteiger partial charge in [0.05, 0.1) is 0 Å². The van der Waals surface area contributed by atoms with Gasteiger partial charge in [0.15, 0.2) is 0 Å². The zero-order chi connectivity index (χ0) is 8.85. The molecule has 1 unspecified atom stereocenters. The maximum atomic E-state index is 3.89. The van der Waals surface area contributed by atoms with Crippen LogP contribution in [0.25, 0.3) is 0 Å². The zero-order valence-electron chi connectivity index (χ0n) is 7.65. The Morgan fingerprint density at radius 3 is 2.27 bits per heavy atom. The van der Waals surface area contributed by atoms with Gasteiger partial charge in [-0.2, -0.15) is 0 Å². The molecule has 2 heteroatoms. The maximum absolute atomic E-state index is 3.89. The Labute approximate surface area is 69.4 Å². The highest BCUT2D eigenvalue weighted by Crippen LogP contribution is 2.06. The minimum atomic E-state index is 0.313. The molecule has 0 spiro atoms. The Morgan fingerprint density at radius 2 is 2.00 bits per heavy atom. The van der Waals surface area contributed by atoms with Crippen molar-refractivity contribution < 1.29 is 0 Å². The second kappa shape index (κ2) is 4.97. The number of hydrogen-bond acceptors (Lipinski definition) is 2. The van der Waals surface area contributed by atoms with Crippen LogP contribution in [0.1, 0.15) is 13.8 Å². The van der Waals surface area contributed by atoms with E-state index in [2.05, 4.69) is 37.6 Å². The average Bonchev–Trinajstić information content (AvgIpc) is 1.88. The topological polar surface area (TPSA) is 24.1 Å². The largest absolute Gasteiger partial charge is 0.365 e. The Bertz CT molecular complexity index is 138. The minimum absolute atomic E-state index is 0.313. The van der Waals surface area contributed by atoms with Gasteiger partial charge in [0.2, 0.25) is 0 Å². The molecule has 1 atom stereocenters. The highest BCUT2D eigenvalue weighted by atomic mass is 15.0. The molecule has 0 amide bonds. The van der Waals surface area contributed by atoms with Crippen LogP contribution >= 0.6 is 0 Å². The van der Waals surface area contributed by atoms with Crippen molar-refractivity contribution in [3.63, 3.8) is 0 Å². The van der Waals surface area contributed by atoms with Crippen molar-refractivity contribution in [2.24, 2.45) is 5.92 Å². The van der Waals surface area contributed by atoms with Gasteiger partial charge in [-0.1, -0.05) is 27.0 Å². The predicted molar refractivity (Wildman–Crippen MR) is 50.2 cm³/mol. The summed E-state index contributed by atoms with van der Waals surface area (Å²) < 4.78 is 0. The zero-order valence-corrected chi connectivity index (χ0v) is 7.65. The van der Waals surface area contributed by atoms with Crippen LogP contribution in [-0.2, 0) is 0 Å². The number of nitrogens with one attached hydrogen (secondary N) is 2. The van der Waals surface area contributed by atoms with E-state index in [4.69, 9.17) is 0 Å². The lowest BCUT2D eigenvalue weighted by atomic mass is 10.0. The quantitative estimate of drug-likeness (QED) is 0.626. The molecule has 0 saturated carbocycles. The van der Waals surface area contributed by atoms with Gasteiger partial charge < -0.3 is 10.6 Å². The first-order chi connectivity index (χ1) is 5.13. The summed E-state index contributed by atoms with van der Waals surface area (Å²) in [6.07, 6.45) is 1.65. The van der Waals surface area contributed by atoms with E-state index in [9.17, 15) is 0 Å². The Kier molecular flexibility index (Phi) is 4.62. The Hall–Kier alpha value is -0.760. The fourth-order valence-electron chi connectivity index (χ4n) is 1.13. The summed E-state index contributed by atoms with van der Waals surface area (Å²) in [5.41, 5.74) is 0.970. The van der Waals surface area contributed by atoms with Crippen molar-refractivity contribution in [2.45, 2.75) is 19.9 Å². The molecule has 0 aromatic rings. The van der Waals surface area contributed by atoms with Gasteiger partial charge in [-0.15, -0.1) is 0 Å². The van der Waals surface area contributed by atoms with Gasteiger partial charge in [-0.3, -0.25) is 0 Å². The number of rotatable bonds is 5. The third-order valence-electron chi connectivity index (χ3n) is 1.64. The van der Waals surface area contributed by atoms with Crippen LogP contribution in [0.3, 0.4) is 0 Å². The minimum Gasteiger partial charge on any atom is -0.365 e. The smallest absolute Gasteiger partial charge is 0.0487 e. The summed E-state index contributed by atoms with van der Waals surface area (Å²) in [7, 11) is 1.93. The van der Waals surface area contributed by atoms with E-state index in [1.54, 1.807) is 6.20 Å². The van der Waals surface area contributed by atoms with Gasteiger partial charge in [0.1, 0.15) is 0 Å². The SMILES string of the molecule is C=CNC(=C)C(NC)C(C)C. The summed E-state index contributed by atoms with van der Waals surface area (Å²) in [5, 5.41) is 6.16. The van der Waals surface area contributed by atoms with Crippen LogP contribution in [0.2, 0.25) is 0 Å². The molecule has 0 aliphatic heterocycles. The third kappa shape index (κ3) is 3.23. The lowest BCUT2D eigenvalue weighted by Crippen LogP contribution is -2.36. The first-order valence-corrected chi connectivity index (χ1v) is 3.87. The molecule has 0 rings (SSSR count). The molecule has 2 N–H and O–H groups in total. The van der Waals surface area contributed by atoms with Crippen LogP contribution in [0.5, 0.6) is 0 Å². The average molecular weight is 154 g/mol. The van der Waals surface area contributed by atoms with Gasteiger partial charge in [0, 0.05) is 11.7 Å². The Balaban J connectivity index is 4.02. The van der Waals surface area contributed by atoms with Crippen LogP contribution < -0.4 is 10.6 Å². The first-order valence-electron chi connectivity index (χ1n) is 3.87. The molecule has 11 heavy (non-hydrogen) atoms. The van der Waals surface area contributed by atoms with E-state index in [0.717, 1.165) is 5.70 Å². The second-order valence-corrected chi connectivity index (χ2v) is 2.88. The summed E-state index contributed by atoms with van der Waals surface area (Å²) in [6.45, 7) is 11.8. The van der Waals surface area contributed by atoms with Gasteiger partial charge in [0.25, 0.3) is 0 Å². The third-order valence-corrected chi connectivity index (χ3v) is 1.64. The normalized spacial score (nSPS) is 12.7. The van der Waals surface area contributed by atoms with E-state index < -0.39 is 0 Å². The van der Waals surface area contributed by atoms with Crippen molar-refractivity contribution in [1.29, 1.82) is 0 Å². The molecule has 0 aliphatic carbocycles. The number of hydrogen-bond donors (Lipinski definition) is 2. The molecule has 0 aromatic carbocycles. The highest BCUT2D eigenvalue weighted by Gasteiger charge is 2.12. The second-order valence-electron chi connectivity index (χ2n) is 2.88. The van der Waals surface area contributed by atoms with E-state index >= 15 is 0 Å². The van der Waals surface area contributed by atoms with Gasteiger partial charge >= 0.3 is 0 Å². The van der Waals surface area contributed by atoms with Crippen LogP contribution in [-0.4, -0.2) is 13.1 Å². The molecule has 0 radical (unpaired) electrons. The van der Waals surface area contributed by atoms with Gasteiger partial charge in [-0.25, -0.2) is 0 Å². The molecular weight excluding hydrogens is 136 g/mol. The van der Waals surface area contributed by atoms with Crippen molar-refractivity contribution in [2.75, 3.05) is 7.05 Å². The van der Waals surface area contributed by atoms with E-state index in [0.29, 0.717) is 12.0 Å². The molecule has 0 saturated heterocycles. The monoisotopic (exact) mass is 154 g/mol. The standard InChI is InChI=1S/C9H18N2/c1-6-11-8(4)9(10-5)7(2)3/h6-7,9-11H,1,4H2,2-3,5H3. The molecule has 64 valence electrons. The van der Waals surface area contributed by atoms with Crippen molar-refractivity contribution >= 4 is 0 Å². The molecule has 0 aliphatic rings. The fourth-order valence-corrected chi connectivity index (χ4v) is 1.13. The molecular formula is C9H18N2. The number of likely N-dealkylation sites (N-methyl/N-ethyl adjacent to an activating group) is 1. The summed E-state index contributed by atoms with van der Waals surface area (Å²) in [4.78, 5) is 0. The van der Waals surface area contributed by atoms with Crippen LogP contribution in [0, 0.1) is 5.92 Å². The van der Waals surface area contributed by atoms with Crippen molar-refractivity contribution in [3.05, 3.63) is 25.1 Å². The lowest BCUT2D eigenvalue weighted by Gasteiger charge is -2.22. The van der Waals surface area contributed by atoms with Gasteiger partial charge in [-0.05, 0) is 19.2 Å². The first kappa shape index (κ1) is 10.2. The molecule has 0 aromatic heterocycles. The van der Waals surface area contributed by atoms with Crippen LogP contribution in [0.4, 0.5) is 0 Å². The Morgan fingerprint density at radius 1 is 1.45 bits per heavy atom. The molecule has 0 bridgehead atoms.